The quantitative estimate of drug-likeness (QED) is 0.496. The average molecular weight is 453 g/mol. The van der Waals surface area contributed by atoms with Crippen LogP contribution in [0.4, 0.5) is 0 Å². The van der Waals surface area contributed by atoms with Gasteiger partial charge < -0.3 is 18.9 Å². The van der Waals surface area contributed by atoms with Gasteiger partial charge in [0, 0.05) is 42.6 Å². The first-order valence-electron chi connectivity index (χ1n) is 11.1. The number of aromatic nitrogens is 2. The highest BCUT2D eigenvalue weighted by Gasteiger charge is 2.26. The number of fused-ring (bicyclic) bond motifs is 1. The first-order chi connectivity index (χ1) is 15.3. The molecule has 0 aromatic carbocycles. The molecule has 6 nitrogen and oxygen atoms in total. The van der Waals surface area contributed by atoms with Gasteiger partial charge in [-0.3, -0.25) is 4.98 Å². The van der Waals surface area contributed by atoms with E-state index in [4.69, 9.17) is 4.74 Å². The molecule has 1 saturated heterocycles. The van der Waals surface area contributed by atoms with Crippen LogP contribution in [0.1, 0.15) is 48.3 Å². The molecule has 170 valence electrons. The van der Waals surface area contributed by atoms with E-state index in [0.29, 0.717) is 11.6 Å². The van der Waals surface area contributed by atoms with Crippen molar-refractivity contribution in [2.75, 3.05) is 27.2 Å². The summed E-state index contributed by atoms with van der Waals surface area (Å²) in [7, 11) is 4.29. The molecule has 4 heterocycles. The molecule has 0 saturated carbocycles. The zero-order valence-corrected chi connectivity index (χ0v) is 20.4. The fourth-order valence-corrected chi connectivity index (χ4v) is 5.09. The van der Waals surface area contributed by atoms with Crippen molar-refractivity contribution in [2.45, 2.75) is 45.8 Å². The molecular weight excluding hydrogens is 420 g/mol. The second-order valence-electron chi connectivity index (χ2n) is 9.00. The number of pyridine rings is 1. The van der Waals surface area contributed by atoms with Gasteiger partial charge in [0.25, 0.3) is 0 Å². The Kier molecular flexibility index (Phi) is 6.40. The Labute approximate surface area is 194 Å². The summed E-state index contributed by atoms with van der Waals surface area (Å²) in [6, 6.07) is 4.63. The van der Waals surface area contributed by atoms with E-state index < -0.39 is 0 Å². The molecule has 0 amide bonds. The maximum absolute atomic E-state index is 12.9. The van der Waals surface area contributed by atoms with Gasteiger partial charge in [-0.05, 0) is 65.4 Å². The van der Waals surface area contributed by atoms with Gasteiger partial charge in [-0.15, -0.1) is 11.3 Å². The van der Waals surface area contributed by atoms with Crippen molar-refractivity contribution in [1.82, 2.24) is 19.2 Å². The van der Waals surface area contributed by atoms with Gasteiger partial charge in [0.2, 0.25) is 0 Å². The summed E-state index contributed by atoms with van der Waals surface area (Å²) >= 11 is 1.61. The van der Waals surface area contributed by atoms with E-state index in [0.717, 1.165) is 58.8 Å². The maximum Gasteiger partial charge on any atom is 0.338 e. The van der Waals surface area contributed by atoms with Crippen molar-refractivity contribution in [3.8, 4) is 10.4 Å². The van der Waals surface area contributed by atoms with Crippen LogP contribution < -0.4 is 0 Å². The number of ether oxygens (including phenoxy) is 1. The lowest BCUT2D eigenvalue weighted by Crippen LogP contribution is -2.41. The Balaban J connectivity index is 1.79. The zero-order valence-electron chi connectivity index (χ0n) is 19.6. The van der Waals surface area contributed by atoms with Crippen molar-refractivity contribution in [2.24, 2.45) is 0 Å². The van der Waals surface area contributed by atoms with Gasteiger partial charge in [-0.1, -0.05) is 6.58 Å². The fraction of sp³-hybridized carbons (Fsp3) is 0.440. The van der Waals surface area contributed by atoms with Crippen LogP contribution in [-0.2, 0) is 4.74 Å². The van der Waals surface area contributed by atoms with Crippen molar-refractivity contribution in [3.05, 3.63) is 53.4 Å². The maximum atomic E-state index is 12.9. The third kappa shape index (κ3) is 4.32. The van der Waals surface area contributed by atoms with Crippen LogP contribution in [0, 0.1) is 6.92 Å². The molecule has 0 atom stereocenters. The third-order valence-electron chi connectivity index (χ3n) is 6.27. The highest BCUT2D eigenvalue weighted by molar-refractivity contribution is 7.13. The van der Waals surface area contributed by atoms with Crippen LogP contribution in [0.5, 0.6) is 0 Å². The molecule has 1 aliphatic heterocycles. The van der Waals surface area contributed by atoms with Crippen molar-refractivity contribution in [1.29, 1.82) is 0 Å². The van der Waals surface area contributed by atoms with E-state index in [-0.39, 0.29) is 12.1 Å². The minimum absolute atomic E-state index is 0.172. The predicted octanol–water partition coefficient (Wildman–Crippen LogP) is 4.93. The number of esters is 1. The zero-order chi connectivity index (χ0) is 23.0. The Morgan fingerprint density at radius 2 is 2.00 bits per heavy atom. The fourth-order valence-electron chi connectivity index (χ4n) is 4.49. The molecule has 0 unspecified atom stereocenters. The minimum Gasteiger partial charge on any atom is -0.459 e. The summed E-state index contributed by atoms with van der Waals surface area (Å²) in [6.45, 7) is 12.1. The number of rotatable bonds is 6. The summed E-state index contributed by atoms with van der Waals surface area (Å²) in [5.74, 6) is -0.291. The minimum atomic E-state index is -0.291. The molecule has 0 aliphatic carbocycles. The van der Waals surface area contributed by atoms with E-state index in [1.54, 1.807) is 11.3 Å². The summed E-state index contributed by atoms with van der Waals surface area (Å²) in [5, 5.41) is 0. The molecule has 4 rings (SSSR count). The molecule has 0 N–H and O–H groups in total. The first-order valence-corrected chi connectivity index (χ1v) is 12.0. The standard InChI is InChI=1S/C25H32N4O2S/c1-16(2)31-25(30)22-12-21-11-19(23-13-26-15-32-23)14-29(21)24(17(22)3)18(4)28-9-7-20(8-10-28)27(5)6/h11-16,20H,4,7-10H2,1-3,5-6H3. The number of thiazole rings is 1. The molecule has 1 aliphatic rings. The SMILES string of the molecule is C=C(c1c(C)c(C(=O)OC(C)C)cc2cc(-c3cncs3)cn12)N1CCC(N(C)C)CC1. The van der Waals surface area contributed by atoms with Crippen LogP contribution in [0.15, 0.2) is 36.6 Å². The molecule has 7 heteroatoms. The second-order valence-corrected chi connectivity index (χ2v) is 9.89. The number of hydrogen-bond acceptors (Lipinski definition) is 6. The average Bonchev–Trinajstić information content (AvgIpc) is 3.42. The molecule has 3 aromatic heterocycles. The number of piperidine rings is 1. The van der Waals surface area contributed by atoms with E-state index in [9.17, 15) is 4.79 Å². The van der Waals surface area contributed by atoms with Crippen LogP contribution in [0.3, 0.4) is 0 Å². The van der Waals surface area contributed by atoms with Gasteiger partial charge in [0.05, 0.1) is 33.4 Å². The number of hydrogen-bond donors (Lipinski definition) is 0. The normalized spacial score (nSPS) is 15.2. The molecule has 0 bridgehead atoms. The van der Waals surface area contributed by atoms with Gasteiger partial charge in [-0.2, -0.15) is 0 Å². The third-order valence-corrected chi connectivity index (χ3v) is 7.09. The Bertz CT molecular complexity index is 1120. The lowest BCUT2D eigenvalue weighted by molar-refractivity contribution is 0.0377. The van der Waals surface area contributed by atoms with Gasteiger partial charge >= 0.3 is 5.97 Å². The summed E-state index contributed by atoms with van der Waals surface area (Å²) < 4.78 is 7.72. The highest BCUT2D eigenvalue weighted by Crippen LogP contribution is 2.33. The molecule has 1 fully saturated rings. The Morgan fingerprint density at radius 1 is 1.28 bits per heavy atom. The van der Waals surface area contributed by atoms with Crippen LogP contribution >= 0.6 is 11.3 Å². The summed E-state index contributed by atoms with van der Waals surface area (Å²) in [4.78, 5) is 22.9. The molecule has 0 spiro atoms. The van der Waals surface area contributed by atoms with Crippen LogP contribution in [-0.4, -0.2) is 64.5 Å². The lowest BCUT2D eigenvalue weighted by Gasteiger charge is -2.38. The van der Waals surface area contributed by atoms with Crippen molar-refractivity contribution >= 4 is 28.5 Å². The molecule has 0 radical (unpaired) electrons. The Morgan fingerprint density at radius 3 is 2.59 bits per heavy atom. The Hall–Kier alpha value is -2.64. The molecular formula is C25H32N4O2S. The van der Waals surface area contributed by atoms with Crippen LogP contribution in [0.25, 0.3) is 21.7 Å². The lowest BCUT2D eigenvalue weighted by atomic mass is 10.0. The van der Waals surface area contributed by atoms with Crippen molar-refractivity contribution < 1.29 is 9.53 Å². The summed E-state index contributed by atoms with van der Waals surface area (Å²) in [6.07, 6.45) is 6.03. The monoisotopic (exact) mass is 452 g/mol. The number of nitrogens with zero attached hydrogens (tertiary/aromatic N) is 4. The smallest absolute Gasteiger partial charge is 0.338 e. The van der Waals surface area contributed by atoms with E-state index in [1.165, 1.54) is 0 Å². The topological polar surface area (TPSA) is 50.1 Å². The van der Waals surface area contributed by atoms with E-state index in [1.807, 2.05) is 38.5 Å². The number of likely N-dealkylation sites (tertiary alicyclic amines) is 1. The first kappa shape index (κ1) is 22.6. The van der Waals surface area contributed by atoms with E-state index >= 15 is 0 Å². The van der Waals surface area contributed by atoms with Crippen molar-refractivity contribution in [3.63, 3.8) is 0 Å². The number of carbonyl (C=O) groups is 1. The largest absolute Gasteiger partial charge is 0.459 e. The van der Waals surface area contributed by atoms with Gasteiger partial charge in [0.1, 0.15) is 0 Å². The van der Waals surface area contributed by atoms with Gasteiger partial charge in [0.15, 0.2) is 0 Å². The number of carbonyl (C=O) groups excluding carboxylic acids is 1. The second kappa shape index (κ2) is 9.08. The van der Waals surface area contributed by atoms with Crippen LogP contribution in [0.2, 0.25) is 0 Å². The highest BCUT2D eigenvalue weighted by atomic mass is 32.1. The summed E-state index contributed by atoms with van der Waals surface area (Å²) in [5.41, 5.74) is 7.29. The molecule has 3 aromatic rings. The van der Waals surface area contributed by atoms with E-state index in [2.05, 4.69) is 52.1 Å². The molecule has 32 heavy (non-hydrogen) atoms. The predicted molar refractivity (Wildman–Crippen MR) is 131 cm³/mol. The van der Waals surface area contributed by atoms with Gasteiger partial charge in [-0.25, -0.2) is 4.79 Å².